The van der Waals surface area contributed by atoms with Crippen LogP contribution in [0.25, 0.3) is 0 Å². The summed E-state index contributed by atoms with van der Waals surface area (Å²) in [5.41, 5.74) is 5.84. The zero-order chi connectivity index (χ0) is 10.6. The Morgan fingerprint density at radius 1 is 1.33 bits per heavy atom. The summed E-state index contributed by atoms with van der Waals surface area (Å²) in [5, 5.41) is 0. The summed E-state index contributed by atoms with van der Waals surface area (Å²) >= 11 is 1.92. The summed E-state index contributed by atoms with van der Waals surface area (Å²) < 4.78 is 0. The van der Waals surface area contributed by atoms with Crippen LogP contribution in [0.3, 0.4) is 0 Å². The van der Waals surface area contributed by atoms with E-state index in [1.807, 2.05) is 30.5 Å². The lowest BCUT2D eigenvalue weighted by Crippen LogP contribution is -2.47. The second kappa shape index (κ2) is 7.36. The maximum atomic E-state index is 11.9. The number of carbonyl (C=O) groups excluding carboxylic acids is 1. The van der Waals surface area contributed by atoms with Crippen LogP contribution in [-0.2, 0) is 4.79 Å². The summed E-state index contributed by atoms with van der Waals surface area (Å²) in [6.07, 6.45) is 1.10. The molecule has 2 N–H and O–H groups in total. The van der Waals surface area contributed by atoms with Crippen molar-refractivity contribution in [2.45, 2.75) is 26.3 Å². The van der Waals surface area contributed by atoms with Gasteiger partial charge in [-0.25, -0.2) is 0 Å². The molecule has 1 fully saturated rings. The molecule has 1 rings (SSSR count). The molecule has 0 bridgehead atoms. The molecule has 5 heteroatoms. The molecule has 1 atom stereocenters. The van der Waals surface area contributed by atoms with E-state index < -0.39 is 0 Å². The number of hydrogen-bond acceptors (Lipinski definition) is 3. The quantitative estimate of drug-likeness (QED) is 0.807. The van der Waals surface area contributed by atoms with Gasteiger partial charge in [-0.15, -0.1) is 12.4 Å². The van der Waals surface area contributed by atoms with Crippen molar-refractivity contribution in [3.63, 3.8) is 0 Å². The van der Waals surface area contributed by atoms with Gasteiger partial charge in [0.05, 0.1) is 6.04 Å². The predicted octanol–water partition coefficient (Wildman–Crippen LogP) is 1.36. The highest BCUT2D eigenvalue weighted by molar-refractivity contribution is 7.99. The molecule has 0 aromatic rings. The van der Waals surface area contributed by atoms with Gasteiger partial charge >= 0.3 is 0 Å². The first-order valence-electron chi connectivity index (χ1n) is 5.25. The Morgan fingerprint density at radius 3 is 2.60 bits per heavy atom. The van der Waals surface area contributed by atoms with Crippen molar-refractivity contribution in [1.29, 1.82) is 0 Å². The van der Waals surface area contributed by atoms with E-state index in [1.165, 1.54) is 5.75 Å². The Morgan fingerprint density at radius 2 is 2.00 bits per heavy atom. The minimum atomic E-state index is -0.321. The average molecular weight is 253 g/mol. The molecule has 90 valence electrons. The lowest BCUT2D eigenvalue weighted by Gasteiger charge is -2.25. The normalized spacial score (nSPS) is 19.3. The highest BCUT2D eigenvalue weighted by Crippen LogP contribution is 2.12. The van der Waals surface area contributed by atoms with E-state index in [9.17, 15) is 4.79 Å². The predicted molar refractivity (Wildman–Crippen MR) is 68.6 cm³/mol. The van der Waals surface area contributed by atoms with E-state index in [-0.39, 0.29) is 30.3 Å². The number of nitrogens with zero attached hydrogens (tertiary/aromatic N) is 1. The van der Waals surface area contributed by atoms with Gasteiger partial charge in [-0.3, -0.25) is 4.79 Å². The van der Waals surface area contributed by atoms with Crippen molar-refractivity contribution in [2.75, 3.05) is 24.6 Å². The smallest absolute Gasteiger partial charge is 0.239 e. The van der Waals surface area contributed by atoms with Gasteiger partial charge in [0.25, 0.3) is 0 Å². The van der Waals surface area contributed by atoms with Gasteiger partial charge in [-0.05, 0) is 18.1 Å². The Labute approximate surface area is 103 Å². The van der Waals surface area contributed by atoms with Gasteiger partial charge in [0, 0.05) is 18.8 Å². The number of rotatable bonds is 2. The molecule has 1 aliphatic rings. The Kier molecular flexibility index (Phi) is 7.40. The molecule has 1 unspecified atom stereocenters. The van der Waals surface area contributed by atoms with Crippen LogP contribution in [0, 0.1) is 5.92 Å². The van der Waals surface area contributed by atoms with Crippen LogP contribution in [0.15, 0.2) is 0 Å². The number of nitrogens with two attached hydrogens (primary N) is 1. The van der Waals surface area contributed by atoms with Gasteiger partial charge in [-0.1, -0.05) is 13.8 Å². The Bertz CT molecular complexity index is 194. The monoisotopic (exact) mass is 252 g/mol. The Balaban J connectivity index is 0.00000196. The molecule has 0 aromatic carbocycles. The molecule has 3 nitrogen and oxygen atoms in total. The van der Waals surface area contributed by atoms with Crippen LogP contribution in [0.1, 0.15) is 20.3 Å². The van der Waals surface area contributed by atoms with Crippen molar-refractivity contribution in [3.05, 3.63) is 0 Å². The maximum Gasteiger partial charge on any atom is 0.239 e. The number of halogens is 1. The molecular weight excluding hydrogens is 232 g/mol. The summed E-state index contributed by atoms with van der Waals surface area (Å²) in [6.45, 7) is 5.74. The Hall–Kier alpha value is 0.0700. The third-order valence-electron chi connectivity index (χ3n) is 2.54. The first kappa shape index (κ1) is 15.1. The SMILES string of the molecule is CC(C)C(N)C(=O)N1CCCSCC1.Cl. The number of amides is 1. The van der Waals surface area contributed by atoms with Crippen molar-refractivity contribution in [3.8, 4) is 0 Å². The van der Waals surface area contributed by atoms with E-state index in [2.05, 4.69) is 0 Å². The van der Waals surface area contributed by atoms with Crippen molar-refractivity contribution in [2.24, 2.45) is 11.7 Å². The van der Waals surface area contributed by atoms with Gasteiger partial charge in [-0.2, -0.15) is 11.8 Å². The van der Waals surface area contributed by atoms with Crippen LogP contribution in [-0.4, -0.2) is 41.4 Å². The number of hydrogen-bond donors (Lipinski definition) is 1. The number of thioether (sulfide) groups is 1. The number of carbonyl (C=O) groups is 1. The fourth-order valence-electron chi connectivity index (χ4n) is 1.46. The largest absolute Gasteiger partial charge is 0.340 e. The summed E-state index contributed by atoms with van der Waals surface area (Å²) in [6, 6.07) is -0.321. The second-order valence-corrected chi connectivity index (χ2v) is 5.29. The standard InChI is InChI=1S/C10H20N2OS.ClH/c1-8(2)9(11)10(13)12-4-3-6-14-7-5-12;/h8-9H,3-7,11H2,1-2H3;1H. The average Bonchev–Trinajstić information content (AvgIpc) is 2.43. The molecule has 0 aromatic heterocycles. The fraction of sp³-hybridized carbons (Fsp3) is 0.900. The highest BCUT2D eigenvalue weighted by Gasteiger charge is 2.23. The van der Waals surface area contributed by atoms with Gasteiger partial charge in [0.1, 0.15) is 0 Å². The molecule has 1 aliphatic heterocycles. The van der Waals surface area contributed by atoms with Gasteiger partial charge in [0.2, 0.25) is 5.91 Å². The molecule has 0 radical (unpaired) electrons. The minimum absolute atomic E-state index is 0. The second-order valence-electron chi connectivity index (χ2n) is 4.06. The van der Waals surface area contributed by atoms with Gasteiger partial charge in [0.15, 0.2) is 0 Å². The highest BCUT2D eigenvalue weighted by atomic mass is 35.5. The van der Waals surface area contributed by atoms with Crippen LogP contribution < -0.4 is 5.73 Å². The third kappa shape index (κ3) is 4.62. The summed E-state index contributed by atoms with van der Waals surface area (Å²) in [4.78, 5) is 13.8. The van der Waals surface area contributed by atoms with Gasteiger partial charge < -0.3 is 10.6 Å². The van der Waals surface area contributed by atoms with E-state index in [0.29, 0.717) is 0 Å². The van der Waals surface area contributed by atoms with E-state index >= 15 is 0 Å². The van der Waals surface area contributed by atoms with Crippen molar-refractivity contribution >= 4 is 30.1 Å². The van der Waals surface area contributed by atoms with Crippen LogP contribution >= 0.6 is 24.2 Å². The lowest BCUT2D eigenvalue weighted by atomic mass is 10.0. The molecule has 1 saturated heterocycles. The first-order valence-corrected chi connectivity index (χ1v) is 6.40. The van der Waals surface area contributed by atoms with E-state index in [1.54, 1.807) is 0 Å². The summed E-state index contributed by atoms with van der Waals surface area (Å²) in [7, 11) is 0. The molecule has 1 heterocycles. The molecule has 0 saturated carbocycles. The van der Waals surface area contributed by atoms with Crippen molar-refractivity contribution < 1.29 is 4.79 Å². The lowest BCUT2D eigenvalue weighted by molar-refractivity contribution is -0.133. The summed E-state index contributed by atoms with van der Waals surface area (Å²) in [5.74, 6) is 2.58. The maximum absolute atomic E-state index is 11.9. The molecule has 0 aliphatic carbocycles. The third-order valence-corrected chi connectivity index (χ3v) is 3.59. The fourth-order valence-corrected chi connectivity index (χ4v) is 2.35. The zero-order valence-corrected chi connectivity index (χ0v) is 11.1. The zero-order valence-electron chi connectivity index (χ0n) is 9.44. The van der Waals surface area contributed by atoms with E-state index in [4.69, 9.17) is 5.73 Å². The van der Waals surface area contributed by atoms with Crippen LogP contribution in [0.5, 0.6) is 0 Å². The van der Waals surface area contributed by atoms with E-state index in [0.717, 1.165) is 25.3 Å². The van der Waals surface area contributed by atoms with Crippen LogP contribution in [0.4, 0.5) is 0 Å². The van der Waals surface area contributed by atoms with Crippen LogP contribution in [0.2, 0.25) is 0 Å². The molecule has 15 heavy (non-hydrogen) atoms. The molecule has 1 amide bonds. The first-order chi connectivity index (χ1) is 6.63. The van der Waals surface area contributed by atoms with Crippen molar-refractivity contribution in [1.82, 2.24) is 4.90 Å². The minimum Gasteiger partial charge on any atom is -0.340 e. The molecular formula is C10H21ClN2OS. The molecule has 0 spiro atoms. The topological polar surface area (TPSA) is 46.3 Å².